The number of morpholine rings is 1. The molecule has 166 valence electrons. The van der Waals surface area contributed by atoms with Crippen LogP contribution in [0.4, 0.5) is 17.6 Å². The molecule has 1 fully saturated rings. The molecule has 1 saturated heterocycles. The molecule has 1 aliphatic rings. The summed E-state index contributed by atoms with van der Waals surface area (Å²) in [7, 11) is 1.82. The van der Waals surface area contributed by atoms with Gasteiger partial charge >= 0.3 is 6.18 Å². The van der Waals surface area contributed by atoms with E-state index in [-0.39, 0.29) is 42.2 Å². The number of hydrogen-bond acceptors (Lipinski definition) is 3. The summed E-state index contributed by atoms with van der Waals surface area (Å²) in [6.45, 7) is 3.73. The number of hydrogen-bond donors (Lipinski definition) is 1. The summed E-state index contributed by atoms with van der Waals surface area (Å²) in [6, 6.07) is 2.65. The molecule has 1 atom stereocenters. The zero-order chi connectivity index (χ0) is 21.0. The molecule has 2 aromatic rings. The predicted octanol–water partition coefficient (Wildman–Crippen LogP) is 3.74. The Labute approximate surface area is 189 Å². The zero-order valence-corrected chi connectivity index (χ0v) is 18.9. The first-order valence-electron chi connectivity index (χ1n) is 9.27. The van der Waals surface area contributed by atoms with Crippen LogP contribution in [0.1, 0.15) is 29.7 Å². The SMILES string of the molecule is CCNC(=NCc1ccc(F)cc1C(F)(F)F)N1CCOC(c2cnn(C)c2)C1.I. The van der Waals surface area contributed by atoms with Crippen LogP contribution in [0.2, 0.25) is 0 Å². The molecule has 2 heterocycles. The number of nitrogens with one attached hydrogen (secondary N) is 1. The van der Waals surface area contributed by atoms with E-state index in [1.54, 1.807) is 10.9 Å². The van der Waals surface area contributed by atoms with Crippen molar-refractivity contribution in [2.24, 2.45) is 12.0 Å². The summed E-state index contributed by atoms with van der Waals surface area (Å²) in [5.74, 6) is -0.438. The van der Waals surface area contributed by atoms with Gasteiger partial charge in [0.15, 0.2) is 5.96 Å². The van der Waals surface area contributed by atoms with E-state index < -0.39 is 17.6 Å². The molecule has 1 aromatic heterocycles. The Morgan fingerprint density at radius 2 is 2.13 bits per heavy atom. The lowest BCUT2D eigenvalue weighted by atomic mass is 10.1. The van der Waals surface area contributed by atoms with Gasteiger partial charge in [0, 0.05) is 31.9 Å². The van der Waals surface area contributed by atoms with E-state index in [1.807, 2.05) is 25.1 Å². The maximum absolute atomic E-state index is 13.3. The first kappa shape index (κ1) is 24.4. The van der Waals surface area contributed by atoms with Crippen LogP contribution in [0.3, 0.4) is 0 Å². The number of alkyl halides is 3. The van der Waals surface area contributed by atoms with Crippen LogP contribution in [0, 0.1) is 5.82 Å². The monoisotopic (exact) mass is 541 g/mol. The van der Waals surface area contributed by atoms with E-state index >= 15 is 0 Å². The molecule has 30 heavy (non-hydrogen) atoms. The molecule has 11 heteroatoms. The third kappa shape index (κ3) is 6.06. The van der Waals surface area contributed by atoms with Crippen molar-refractivity contribution in [3.8, 4) is 0 Å². The third-order valence-electron chi connectivity index (χ3n) is 4.57. The number of rotatable bonds is 4. The maximum atomic E-state index is 13.3. The van der Waals surface area contributed by atoms with Gasteiger partial charge in [-0.05, 0) is 24.6 Å². The van der Waals surface area contributed by atoms with Gasteiger partial charge in [-0.15, -0.1) is 24.0 Å². The van der Waals surface area contributed by atoms with E-state index in [1.165, 1.54) is 0 Å². The largest absolute Gasteiger partial charge is 0.416 e. The van der Waals surface area contributed by atoms with Gasteiger partial charge in [0.05, 0.1) is 31.5 Å². The lowest BCUT2D eigenvalue weighted by Crippen LogP contribution is -2.48. The highest BCUT2D eigenvalue weighted by molar-refractivity contribution is 14.0. The lowest BCUT2D eigenvalue weighted by Gasteiger charge is -2.34. The molecule has 1 aliphatic heterocycles. The second-order valence-electron chi connectivity index (χ2n) is 6.72. The van der Waals surface area contributed by atoms with Crippen LogP contribution in [-0.2, 0) is 24.5 Å². The van der Waals surface area contributed by atoms with Crippen LogP contribution in [0.15, 0.2) is 35.6 Å². The number of benzene rings is 1. The number of nitrogens with zero attached hydrogens (tertiary/aromatic N) is 4. The van der Waals surface area contributed by atoms with Gasteiger partial charge in [-0.3, -0.25) is 4.68 Å². The summed E-state index contributed by atoms with van der Waals surface area (Å²) < 4.78 is 60.5. The molecule has 0 radical (unpaired) electrons. The number of halogens is 5. The van der Waals surface area contributed by atoms with Crippen LogP contribution in [0.25, 0.3) is 0 Å². The van der Waals surface area contributed by atoms with Crippen LogP contribution in [0.5, 0.6) is 0 Å². The first-order valence-corrected chi connectivity index (χ1v) is 9.27. The van der Waals surface area contributed by atoms with Crippen molar-refractivity contribution >= 4 is 29.9 Å². The van der Waals surface area contributed by atoms with Crippen molar-refractivity contribution < 1.29 is 22.3 Å². The molecule has 0 amide bonds. The summed E-state index contributed by atoms with van der Waals surface area (Å²) in [4.78, 5) is 6.32. The van der Waals surface area contributed by atoms with Crippen molar-refractivity contribution in [2.45, 2.75) is 25.7 Å². The summed E-state index contributed by atoms with van der Waals surface area (Å²) >= 11 is 0. The first-order chi connectivity index (χ1) is 13.8. The van der Waals surface area contributed by atoms with Crippen molar-refractivity contribution in [1.82, 2.24) is 20.0 Å². The fraction of sp³-hybridized carbons (Fsp3) is 0.474. The van der Waals surface area contributed by atoms with Gasteiger partial charge in [-0.2, -0.15) is 18.3 Å². The number of ether oxygens (including phenoxy) is 1. The molecular weight excluding hydrogens is 517 g/mol. The number of aliphatic imine (C=N–C) groups is 1. The zero-order valence-electron chi connectivity index (χ0n) is 16.6. The summed E-state index contributed by atoms with van der Waals surface area (Å²) in [5.41, 5.74) is -0.162. The number of guanidine groups is 1. The van der Waals surface area contributed by atoms with Crippen molar-refractivity contribution in [2.75, 3.05) is 26.2 Å². The fourth-order valence-electron chi connectivity index (χ4n) is 3.19. The number of aryl methyl sites for hydroxylation is 1. The van der Waals surface area contributed by atoms with Crippen LogP contribution < -0.4 is 5.32 Å². The molecule has 0 aliphatic carbocycles. The van der Waals surface area contributed by atoms with E-state index in [9.17, 15) is 17.6 Å². The van der Waals surface area contributed by atoms with Gasteiger partial charge in [0.1, 0.15) is 11.9 Å². The average Bonchev–Trinajstić information content (AvgIpc) is 3.11. The van der Waals surface area contributed by atoms with Crippen LogP contribution >= 0.6 is 24.0 Å². The van der Waals surface area contributed by atoms with Gasteiger partial charge in [0.25, 0.3) is 0 Å². The van der Waals surface area contributed by atoms with Crippen molar-refractivity contribution in [3.63, 3.8) is 0 Å². The second-order valence-corrected chi connectivity index (χ2v) is 6.72. The molecule has 0 spiro atoms. The smallest absolute Gasteiger partial charge is 0.370 e. The Morgan fingerprint density at radius 3 is 2.77 bits per heavy atom. The fourth-order valence-corrected chi connectivity index (χ4v) is 3.19. The molecule has 0 bridgehead atoms. The Bertz CT molecular complexity index is 871. The van der Waals surface area contributed by atoms with E-state index in [0.29, 0.717) is 38.3 Å². The summed E-state index contributed by atoms with van der Waals surface area (Å²) in [5, 5.41) is 7.26. The molecule has 6 nitrogen and oxygen atoms in total. The molecule has 1 aromatic carbocycles. The standard InChI is InChI=1S/C19H23F4N5O.HI/c1-3-24-18(25-9-13-4-5-15(20)8-16(13)19(21,22)23)28-6-7-29-17(12-28)14-10-26-27(2)11-14;/h4-5,8,10-11,17H,3,6-7,9,12H2,1-2H3,(H,24,25);1H. The van der Waals surface area contributed by atoms with Crippen molar-refractivity contribution in [1.29, 1.82) is 0 Å². The van der Waals surface area contributed by atoms with E-state index in [2.05, 4.69) is 15.4 Å². The Kier molecular flexibility index (Phi) is 8.47. The van der Waals surface area contributed by atoms with Crippen molar-refractivity contribution in [3.05, 3.63) is 53.1 Å². The normalized spacial score (nSPS) is 17.6. The van der Waals surface area contributed by atoms with E-state index in [0.717, 1.165) is 17.7 Å². The molecule has 1 unspecified atom stereocenters. The number of aromatic nitrogens is 2. The van der Waals surface area contributed by atoms with Gasteiger partial charge in [-0.25, -0.2) is 9.38 Å². The Balaban J connectivity index is 0.00000320. The molecule has 3 rings (SSSR count). The molecular formula is C19H24F4IN5O. The van der Waals surface area contributed by atoms with Gasteiger partial charge in [0.2, 0.25) is 0 Å². The minimum absolute atomic E-state index is 0. The molecule has 1 N–H and O–H groups in total. The predicted molar refractivity (Wildman–Crippen MR) is 115 cm³/mol. The third-order valence-corrected chi connectivity index (χ3v) is 4.57. The molecule has 0 saturated carbocycles. The highest BCUT2D eigenvalue weighted by atomic mass is 127. The Hall–Kier alpha value is -1.89. The topological polar surface area (TPSA) is 54.7 Å². The van der Waals surface area contributed by atoms with Crippen LogP contribution in [-0.4, -0.2) is 46.9 Å². The van der Waals surface area contributed by atoms with Gasteiger partial charge in [-0.1, -0.05) is 6.07 Å². The second kappa shape index (κ2) is 10.4. The minimum Gasteiger partial charge on any atom is -0.370 e. The highest BCUT2D eigenvalue weighted by Crippen LogP contribution is 2.33. The maximum Gasteiger partial charge on any atom is 0.416 e. The minimum atomic E-state index is -4.64. The van der Waals surface area contributed by atoms with Gasteiger partial charge < -0.3 is 15.0 Å². The highest BCUT2D eigenvalue weighted by Gasteiger charge is 2.34. The van der Waals surface area contributed by atoms with E-state index in [4.69, 9.17) is 4.74 Å². The summed E-state index contributed by atoms with van der Waals surface area (Å²) in [6.07, 6.45) is -1.26. The average molecular weight is 541 g/mol. The Morgan fingerprint density at radius 1 is 1.37 bits per heavy atom. The quantitative estimate of drug-likeness (QED) is 0.278. The lowest BCUT2D eigenvalue weighted by molar-refractivity contribution is -0.138.